The number of hydrogen-bond acceptors (Lipinski definition) is 6. The fraction of sp³-hybridized carbons (Fsp3) is 0.833. The molecule has 0 aliphatic carbocycles. The number of nitrogens with zero attached hydrogens (tertiary/aromatic N) is 1. The van der Waals surface area contributed by atoms with Gasteiger partial charge in [0, 0.05) is 26.2 Å². The number of ether oxygens (including phenoxy) is 1. The maximum absolute atomic E-state index is 12.1. The maximum atomic E-state index is 12.1. The van der Waals surface area contributed by atoms with Crippen molar-refractivity contribution in [1.29, 1.82) is 0 Å². The molecular weight excluding hydrogens is 300 g/mol. The van der Waals surface area contributed by atoms with Gasteiger partial charge >= 0.3 is 11.8 Å². The number of amides is 2. The molecule has 1 saturated heterocycles. The molecule has 1 aliphatic heterocycles. The third kappa shape index (κ3) is 5.60. The van der Waals surface area contributed by atoms with Crippen molar-refractivity contribution in [1.82, 2.24) is 10.2 Å². The van der Waals surface area contributed by atoms with Crippen LogP contribution in [0.15, 0.2) is 0 Å². The summed E-state index contributed by atoms with van der Waals surface area (Å²) in [4.78, 5) is 25.1. The molecule has 0 aromatic heterocycles. The molecular formula is C12H22N2O6S. The molecule has 2 atom stereocenters. The number of carbonyl (C=O) groups excluding carboxylic acids is 2. The molecule has 2 unspecified atom stereocenters. The number of hydrogen-bond donors (Lipinski definition) is 2. The van der Waals surface area contributed by atoms with Crippen molar-refractivity contribution < 1.29 is 27.9 Å². The van der Waals surface area contributed by atoms with Crippen LogP contribution >= 0.6 is 0 Å². The summed E-state index contributed by atoms with van der Waals surface area (Å²) in [5.74, 6) is -1.76. The lowest BCUT2D eigenvalue weighted by molar-refractivity contribution is -0.147. The second kappa shape index (κ2) is 7.71. The maximum Gasteiger partial charge on any atom is 0.312 e. The number of aliphatic hydroxyl groups excluding tert-OH is 1. The van der Waals surface area contributed by atoms with Gasteiger partial charge in [-0.05, 0) is 13.3 Å². The van der Waals surface area contributed by atoms with Gasteiger partial charge in [0.15, 0.2) is 9.84 Å². The normalized spacial score (nSPS) is 21.8. The molecule has 21 heavy (non-hydrogen) atoms. The van der Waals surface area contributed by atoms with Gasteiger partial charge in [-0.1, -0.05) is 0 Å². The predicted octanol–water partition coefficient (Wildman–Crippen LogP) is -1.85. The van der Waals surface area contributed by atoms with Gasteiger partial charge < -0.3 is 20.1 Å². The smallest absolute Gasteiger partial charge is 0.312 e. The van der Waals surface area contributed by atoms with Crippen LogP contribution in [0.1, 0.15) is 13.3 Å². The molecule has 1 aliphatic rings. The Balaban J connectivity index is 2.72. The van der Waals surface area contributed by atoms with E-state index in [9.17, 15) is 18.0 Å². The van der Waals surface area contributed by atoms with Crippen molar-refractivity contribution in [2.45, 2.75) is 25.5 Å². The number of sulfone groups is 1. The van der Waals surface area contributed by atoms with E-state index in [0.717, 1.165) is 0 Å². The molecule has 2 amide bonds. The van der Waals surface area contributed by atoms with E-state index in [1.165, 1.54) is 18.9 Å². The Labute approximate surface area is 124 Å². The van der Waals surface area contributed by atoms with Crippen LogP contribution in [0.2, 0.25) is 0 Å². The van der Waals surface area contributed by atoms with Crippen LogP contribution in [-0.2, 0) is 24.2 Å². The topological polar surface area (TPSA) is 113 Å². The Morgan fingerprint density at radius 2 is 2.14 bits per heavy atom. The first kappa shape index (κ1) is 17.9. The first-order valence-electron chi connectivity index (χ1n) is 6.73. The van der Waals surface area contributed by atoms with E-state index in [1.807, 2.05) is 0 Å². The van der Waals surface area contributed by atoms with E-state index in [1.54, 1.807) is 0 Å². The summed E-state index contributed by atoms with van der Waals surface area (Å²) in [6.45, 7) is 1.81. The molecule has 0 saturated carbocycles. The lowest BCUT2D eigenvalue weighted by Gasteiger charge is -2.27. The highest BCUT2D eigenvalue weighted by Gasteiger charge is 2.36. The standard InChI is InChI=1S/C12H22N2O6S/c1-9(15)7-13-11(16)12(17)14(4-5-20-2)10-3-6-21(18,19)8-10/h9-10,15H,3-8H2,1-2H3,(H,13,16). The molecule has 9 heteroatoms. The van der Waals surface area contributed by atoms with Gasteiger partial charge in [-0.25, -0.2) is 8.42 Å². The van der Waals surface area contributed by atoms with Crippen LogP contribution in [0.25, 0.3) is 0 Å². The summed E-state index contributed by atoms with van der Waals surface area (Å²) in [5, 5.41) is 11.4. The summed E-state index contributed by atoms with van der Waals surface area (Å²) in [7, 11) is -1.70. The van der Waals surface area contributed by atoms with Crippen LogP contribution in [-0.4, -0.2) is 80.7 Å². The summed E-state index contributed by atoms with van der Waals surface area (Å²) < 4.78 is 27.9. The molecule has 0 aromatic carbocycles. The van der Waals surface area contributed by atoms with Crippen LogP contribution in [0, 0.1) is 0 Å². The lowest BCUT2D eigenvalue weighted by atomic mass is 10.2. The Kier molecular flexibility index (Phi) is 6.56. The number of rotatable bonds is 6. The Hall–Kier alpha value is -1.19. The van der Waals surface area contributed by atoms with Crippen LogP contribution < -0.4 is 5.32 Å². The van der Waals surface area contributed by atoms with Gasteiger partial charge in [0.2, 0.25) is 0 Å². The highest BCUT2D eigenvalue weighted by Crippen LogP contribution is 2.17. The van der Waals surface area contributed by atoms with Crippen molar-refractivity contribution in [2.75, 3.05) is 38.3 Å². The Morgan fingerprint density at radius 1 is 1.48 bits per heavy atom. The molecule has 1 fully saturated rings. The Bertz CT molecular complexity index is 476. The molecule has 0 bridgehead atoms. The number of nitrogens with one attached hydrogen (secondary N) is 1. The van der Waals surface area contributed by atoms with Crippen LogP contribution in [0.3, 0.4) is 0 Å². The van der Waals surface area contributed by atoms with Gasteiger partial charge in [-0.3, -0.25) is 9.59 Å². The zero-order chi connectivity index (χ0) is 16.0. The van der Waals surface area contributed by atoms with E-state index < -0.39 is 33.8 Å². The zero-order valence-electron chi connectivity index (χ0n) is 12.2. The second-order valence-corrected chi connectivity index (χ2v) is 7.34. The Morgan fingerprint density at radius 3 is 2.62 bits per heavy atom. The van der Waals surface area contributed by atoms with Crippen LogP contribution in [0.4, 0.5) is 0 Å². The quantitative estimate of drug-likeness (QED) is 0.555. The molecule has 8 nitrogen and oxygen atoms in total. The molecule has 0 spiro atoms. The fourth-order valence-electron chi connectivity index (χ4n) is 2.11. The minimum absolute atomic E-state index is 0.0176. The first-order valence-corrected chi connectivity index (χ1v) is 8.55. The zero-order valence-corrected chi connectivity index (χ0v) is 13.1. The van der Waals surface area contributed by atoms with E-state index in [4.69, 9.17) is 9.84 Å². The molecule has 0 radical (unpaired) electrons. The number of aliphatic hydroxyl groups is 1. The fourth-order valence-corrected chi connectivity index (χ4v) is 3.84. The van der Waals surface area contributed by atoms with Crippen LogP contribution in [0.5, 0.6) is 0 Å². The molecule has 1 heterocycles. The predicted molar refractivity (Wildman–Crippen MR) is 75.3 cm³/mol. The number of carbonyl (C=O) groups is 2. The van der Waals surface area contributed by atoms with Crippen molar-refractivity contribution in [3.63, 3.8) is 0 Å². The molecule has 1 rings (SSSR count). The second-order valence-electron chi connectivity index (χ2n) is 5.11. The monoisotopic (exact) mass is 322 g/mol. The van der Waals surface area contributed by atoms with Gasteiger partial charge in [-0.2, -0.15) is 0 Å². The summed E-state index contributed by atoms with van der Waals surface area (Å²) >= 11 is 0. The summed E-state index contributed by atoms with van der Waals surface area (Å²) in [6, 6.07) is -0.505. The van der Waals surface area contributed by atoms with Crippen molar-refractivity contribution in [3.8, 4) is 0 Å². The van der Waals surface area contributed by atoms with E-state index in [0.29, 0.717) is 6.42 Å². The molecule has 0 aromatic rings. The third-order valence-corrected chi connectivity index (χ3v) is 4.95. The average molecular weight is 322 g/mol. The van der Waals surface area contributed by atoms with Crippen molar-refractivity contribution in [2.24, 2.45) is 0 Å². The molecule has 2 N–H and O–H groups in total. The molecule has 122 valence electrons. The third-order valence-electron chi connectivity index (χ3n) is 3.20. The van der Waals surface area contributed by atoms with Gasteiger partial charge in [-0.15, -0.1) is 0 Å². The van der Waals surface area contributed by atoms with E-state index >= 15 is 0 Å². The highest BCUT2D eigenvalue weighted by atomic mass is 32.2. The SMILES string of the molecule is COCCN(C(=O)C(=O)NCC(C)O)C1CCS(=O)(=O)C1. The number of methoxy groups -OCH3 is 1. The minimum Gasteiger partial charge on any atom is -0.392 e. The largest absolute Gasteiger partial charge is 0.392 e. The summed E-state index contributed by atoms with van der Waals surface area (Å²) in [5.41, 5.74) is 0. The van der Waals surface area contributed by atoms with Gasteiger partial charge in [0.05, 0.1) is 24.2 Å². The van der Waals surface area contributed by atoms with E-state index in [-0.39, 0.29) is 31.2 Å². The summed E-state index contributed by atoms with van der Waals surface area (Å²) in [6.07, 6.45) is -0.442. The van der Waals surface area contributed by atoms with Crippen molar-refractivity contribution in [3.05, 3.63) is 0 Å². The highest BCUT2D eigenvalue weighted by molar-refractivity contribution is 7.91. The van der Waals surface area contributed by atoms with E-state index in [2.05, 4.69) is 5.32 Å². The first-order chi connectivity index (χ1) is 9.76. The average Bonchev–Trinajstić information content (AvgIpc) is 2.76. The lowest BCUT2D eigenvalue weighted by Crippen LogP contribution is -2.50. The van der Waals surface area contributed by atoms with Crippen molar-refractivity contribution >= 4 is 21.7 Å². The minimum atomic E-state index is -3.16. The van der Waals surface area contributed by atoms with Gasteiger partial charge in [0.25, 0.3) is 0 Å². The van der Waals surface area contributed by atoms with Gasteiger partial charge in [0.1, 0.15) is 0 Å².